The minimum atomic E-state index is -0.966. The number of benzene rings is 2. The number of pyridine rings is 1. The van der Waals surface area contributed by atoms with Gasteiger partial charge in [-0.05, 0) is 36.6 Å². The lowest BCUT2D eigenvalue weighted by atomic mass is 9.72. The molecule has 0 aliphatic carbocycles. The zero-order valence-corrected chi connectivity index (χ0v) is 15.9. The Morgan fingerprint density at radius 1 is 1.04 bits per heavy atom. The molecule has 1 amide bonds. The van der Waals surface area contributed by atoms with Crippen molar-refractivity contribution in [3.05, 3.63) is 76.9 Å². The maximum absolute atomic E-state index is 13.2. The van der Waals surface area contributed by atoms with Crippen molar-refractivity contribution in [1.29, 1.82) is 0 Å². The summed E-state index contributed by atoms with van der Waals surface area (Å²) < 4.78 is 0. The summed E-state index contributed by atoms with van der Waals surface area (Å²) in [7, 11) is 0. The Kier molecular flexibility index (Phi) is 4.77. The second-order valence-electron chi connectivity index (χ2n) is 7.07. The Hall–Kier alpha value is -2.92. The molecule has 1 N–H and O–H groups in total. The van der Waals surface area contributed by atoms with E-state index in [0.29, 0.717) is 42.0 Å². The minimum Gasteiger partial charge on any atom is -0.481 e. The predicted molar refractivity (Wildman–Crippen MR) is 108 cm³/mol. The molecule has 1 aliphatic heterocycles. The molecule has 0 bridgehead atoms. The summed E-state index contributed by atoms with van der Waals surface area (Å²) in [6.07, 6.45) is 2.38. The van der Waals surface area contributed by atoms with Gasteiger partial charge >= 0.3 is 5.97 Å². The van der Waals surface area contributed by atoms with Crippen LogP contribution in [0.25, 0.3) is 10.9 Å². The third-order valence-corrected chi connectivity index (χ3v) is 5.76. The van der Waals surface area contributed by atoms with Crippen LogP contribution in [-0.2, 0) is 10.2 Å². The summed E-state index contributed by atoms with van der Waals surface area (Å²) in [4.78, 5) is 31.3. The van der Waals surface area contributed by atoms with Crippen molar-refractivity contribution in [2.24, 2.45) is 0 Å². The highest BCUT2D eigenvalue weighted by atomic mass is 35.5. The second kappa shape index (κ2) is 7.24. The number of nitrogens with zero attached hydrogens (tertiary/aromatic N) is 2. The molecule has 6 heteroatoms. The SMILES string of the molecule is O=C(c1cc(Cl)cc2cccnc12)N1CCC(C(=O)O)(c2ccccc2)CC1. The summed E-state index contributed by atoms with van der Waals surface area (Å²) in [5.74, 6) is -1.01. The number of piperidine rings is 1. The van der Waals surface area contributed by atoms with Gasteiger partial charge in [0.2, 0.25) is 0 Å². The first-order chi connectivity index (χ1) is 13.5. The lowest BCUT2D eigenvalue weighted by Crippen LogP contribution is -2.49. The molecule has 0 unspecified atom stereocenters. The molecule has 28 heavy (non-hydrogen) atoms. The highest BCUT2D eigenvalue weighted by Crippen LogP contribution is 2.36. The number of likely N-dealkylation sites (tertiary alicyclic amines) is 1. The van der Waals surface area contributed by atoms with Crippen LogP contribution in [0, 0.1) is 0 Å². The molecule has 0 spiro atoms. The number of carbonyl (C=O) groups excluding carboxylic acids is 1. The van der Waals surface area contributed by atoms with E-state index in [9.17, 15) is 14.7 Å². The molecule has 4 rings (SSSR count). The normalized spacial score (nSPS) is 16.1. The van der Waals surface area contributed by atoms with Gasteiger partial charge in [0.1, 0.15) is 0 Å². The van der Waals surface area contributed by atoms with Crippen LogP contribution in [-0.4, -0.2) is 40.0 Å². The number of carboxylic acid groups (broad SMARTS) is 1. The Balaban J connectivity index is 1.62. The molecular weight excluding hydrogens is 376 g/mol. The van der Waals surface area contributed by atoms with Crippen molar-refractivity contribution in [3.8, 4) is 0 Å². The maximum Gasteiger partial charge on any atom is 0.314 e. The third-order valence-electron chi connectivity index (χ3n) is 5.54. The monoisotopic (exact) mass is 394 g/mol. The van der Waals surface area contributed by atoms with Crippen LogP contribution in [0.1, 0.15) is 28.8 Å². The lowest BCUT2D eigenvalue weighted by molar-refractivity contribution is -0.145. The molecule has 1 aliphatic rings. The lowest BCUT2D eigenvalue weighted by Gasteiger charge is -2.39. The smallest absolute Gasteiger partial charge is 0.314 e. The number of carboxylic acids is 1. The van der Waals surface area contributed by atoms with Crippen LogP contribution in [0.2, 0.25) is 5.02 Å². The highest BCUT2D eigenvalue weighted by molar-refractivity contribution is 6.32. The van der Waals surface area contributed by atoms with E-state index in [1.54, 1.807) is 29.3 Å². The first kappa shape index (κ1) is 18.4. The summed E-state index contributed by atoms with van der Waals surface area (Å²) >= 11 is 6.20. The molecule has 0 saturated carbocycles. The Morgan fingerprint density at radius 3 is 2.43 bits per heavy atom. The van der Waals surface area contributed by atoms with Gasteiger partial charge in [-0.25, -0.2) is 0 Å². The number of aliphatic carboxylic acids is 1. The second-order valence-corrected chi connectivity index (χ2v) is 7.51. The Labute approximate surface area is 167 Å². The van der Waals surface area contributed by atoms with Crippen LogP contribution >= 0.6 is 11.6 Å². The van der Waals surface area contributed by atoms with E-state index in [4.69, 9.17) is 11.6 Å². The first-order valence-corrected chi connectivity index (χ1v) is 9.51. The van der Waals surface area contributed by atoms with Crippen molar-refractivity contribution in [2.45, 2.75) is 18.3 Å². The van der Waals surface area contributed by atoms with Crippen LogP contribution in [0.5, 0.6) is 0 Å². The number of hydrogen-bond donors (Lipinski definition) is 1. The highest BCUT2D eigenvalue weighted by Gasteiger charge is 2.44. The van der Waals surface area contributed by atoms with E-state index in [1.807, 2.05) is 36.4 Å². The number of fused-ring (bicyclic) bond motifs is 1. The number of carbonyl (C=O) groups is 2. The third kappa shape index (κ3) is 3.12. The molecular formula is C22H19ClN2O3. The Bertz CT molecular complexity index is 1040. The molecule has 1 fully saturated rings. The fraction of sp³-hybridized carbons (Fsp3) is 0.227. The van der Waals surface area contributed by atoms with Crippen molar-refractivity contribution < 1.29 is 14.7 Å². The summed E-state index contributed by atoms with van der Waals surface area (Å²) in [6.45, 7) is 0.724. The number of hydrogen-bond acceptors (Lipinski definition) is 3. The van der Waals surface area contributed by atoms with Crippen LogP contribution < -0.4 is 0 Å². The number of rotatable bonds is 3. The average Bonchev–Trinajstić information content (AvgIpc) is 2.73. The number of amides is 1. The molecule has 2 heterocycles. The van der Waals surface area contributed by atoms with Crippen molar-refractivity contribution in [3.63, 3.8) is 0 Å². The van der Waals surface area contributed by atoms with E-state index in [1.165, 1.54) is 0 Å². The molecule has 3 aromatic rings. The van der Waals surface area contributed by atoms with Gasteiger partial charge in [-0.3, -0.25) is 14.6 Å². The van der Waals surface area contributed by atoms with E-state index in [-0.39, 0.29) is 5.91 Å². The van der Waals surface area contributed by atoms with Crippen molar-refractivity contribution >= 4 is 34.4 Å². The zero-order chi connectivity index (χ0) is 19.7. The predicted octanol–water partition coefficient (Wildman–Crippen LogP) is 4.15. The minimum absolute atomic E-state index is 0.168. The van der Waals surface area contributed by atoms with Gasteiger partial charge in [-0.1, -0.05) is 48.0 Å². The molecule has 2 aromatic carbocycles. The fourth-order valence-electron chi connectivity index (χ4n) is 3.96. The van der Waals surface area contributed by atoms with Gasteiger partial charge in [0.25, 0.3) is 5.91 Å². The molecule has 1 aromatic heterocycles. The van der Waals surface area contributed by atoms with Gasteiger partial charge in [0.15, 0.2) is 0 Å². The van der Waals surface area contributed by atoms with E-state index in [0.717, 1.165) is 10.9 Å². The van der Waals surface area contributed by atoms with Crippen LogP contribution in [0.15, 0.2) is 60.8 Å². The van der Waals surface area contributed by atoms with E-state index in [2.05, 4.69) is 4.98 Å². The van der Waals surface area contributed by atoms with Gasteiger partial charge in [0, 0.05) is 29.7 Å². The summed E-state index contributed by atoms with van der Waals surface area (Å²) in [6, 6.07) is 16.3. The largest absolute Gasteiger partial charge is 0.481 e. The van der Waals surface area contributed by atoms with Crippen molar-refractivity contribution in [1.82, 2.24) is 9.88 Å². The van der Waals surface area contributed by atoms with Gasteiger partial charge in [-0.2, -0.15) is 0 Å². The quantitative estimate of drug-likeness (QED) is 0.724. The zero-order valence-electron chi connectivity index (χ0n) is 15.1. The van der Waals surface area contributed by atoms with Gasteiger partial charge in [-0.15, -0.1) is 0 Å². The molecule has 0 radical (unpaired) electrons. The molecule has 0 atom stereocenters. The van der Waals surface area contributed by atoms with Crippen molar-refractivity contribution in [2.75, 3.05) is 13.1 Å². The Morgan fingerprint density at radius 2 is 1.75 bits per heavy atom. The standard InChI is InChI=1S/C22H19ClN2O3/c23-17-13-15-5-4-10-24-19(15)18(14-17)20(26)25-11-8-22(9-12-25,21(27)28)16-6-2-1-3-7-16/h1-7,10,13-14H,8-9,11-12H2,(H,27,28). The first-order valence-electron chi connectivity index (χ1n) is 9.14. The maximum atomic E-state index is 13.2. The average molecular weight is 395 g/mol. The van der Waals surface area contributed by atoms with Gasteiger partial charge in [0.05, 0.1) is 16.5 Å². The topological polar surface area (TPSA) is 70.5 Å². The summed E-state index contributed by atoms with van der Waals surface area (Å²) in [5, 5.41) is 11.2. The fourth-order valence-corrected chi connectivity index (χ4v) is 4.19. The van der Waals surface area contributed by atoms with E-state index < -0.39 is 11.4 Å². The van der Waals surface area contributed by atoms with Crippen LogP contribution in [0.3, 0.4) is 0 Å². The van der Waals surface area contributed by atoms with Crippen LogP contribution in [0.4, 0.5) is 0 Å². The number of aromatic nitrogens is 1. The van der Waals surface area contributed by atoms with Gasteiger partial charge < -0.3 is 10.0 Å². The summed E-state index contributed by atoms with van der Waals surface area (Å²) in [5.41, 5.74) is 0.873. The molecule has 5 nitrogen and oxygen atoms in total. The number of halogens is 1. The van der Waals surface area contributed by atoms with E-state index >= 15 is 0 Å². The molecule has 1 saturated heterocycles. The molecule has 142 valence electrons.